The highest BCUT2D eigenvalue weighted by Crippen LogP contribution is 2.21. The van der Waals surface area contributed by atoms with Crippen molar-refractivity contribution in [1.29, 1.82) is 0 Å². The monoisotopic (exact) mass is 344 g/mol. The highest BCUT2D eigenvalue weighted by molar-refractivity contribution is 6.30. The summed E-state index contributed by atoms with van der Waals surface area (Å²) in [5.74, 6) is 0.864. The summed E-state index contributed by atoms with van der Waals surface area (Å²) in [5.41, 5.74) is 1.12. The third-order valence-electron chi connectivity index (χ3n) is 4.25. The first-order valence-corrected chi connectivity index (χ1v) is 8.32. The summed E-state index contributed by atoms with van der Waals surface area (Å²) in [6.07, 6.45) is 4.92. The van der Waals surface area contributed by atoms with E-state index < -0.39 is 0 Å². The highest BCUT2D eigenvalue weighted by Gasteiger charge is 2.16. The Hall–Kier alpha value is -0.770. The van der Waals surface area contributed by atoms with Crippen molar-refractivity contribution in [3.63, 3.8) is 0 Å². The molecule has 2 rings (SSSR count). The molecule has 1 aliphatic rings. The Balaban J connectivity index is 0.00000242. The van der Waals surface area contributed by atoms with Gasteiger partial charge in [-0.3, -0.25) is 4.79 Å². The predicted octanol–water partition coefficient (Wildman–Crippen LogP) is 4.11. The number of hydrogen-bond acceptors (Lipinski definition) is 2. The molecule has 0 saturated carbocycles. The Morgan fingerprint density at radius 1 is 1.32 bits per heavy atom. The van der Waals surface area contributed by atoms with Crippen molar-refractivity contribution in [3.8, 4) is 0 Å². The van der Waals surface area contributed by atoms with E-state index in [2.05, 4.69) is 17.6 Å². The molecule has 1 aromatic carbocycles. The number of benzene rings is 1. The highest BCUT2D eigenvalue weighted by atomic mass is 35.5. The van der Waals surface area contributed by atoms with Gasteiger partial charge in [-0.2, -0.15) is 0 Å². The van der Waals surface area contributed by atoms with Gasteiger partial charge in [-0.1, -0.05) is 30.7 Å². The van der Waals surface area contributed by atoms with Crippen LogP contribution in [0.25, 0.3) is 0 Å². The van der Waals surface area contributed by atoms with E-state index in [1.807, 2.05) is 24.3 Å². The number of hydrogen-bond donors (Lipinski definition) is 2. The molecule has 1 aromatic rings. The van der Waals surface area contributed by atoms with Gasteiger partial charge in [0.25, 0.3) is 0 Å². The minimum Gasteiger partial charge on any atom is -0.349 e. The fourth-order valence-electron chi connectivity index (χ4n) is 2.89. The summed E-state index contributed by atoms with van der Waals surface area (Å²) in [5, 5.41) is 7.23. The molecule has 0 bridgehead atoms. The van der Waals surface area contributed by atoms with E-state index in [-0.39, 0.29) is 24.4 Å². The van der Waals surface area contributed by atoms with E-state index >= 15 is 0 Å². The van der Waals surface area contributed by atoms with Crippen LogP contribution in [0.3, 0.4) is 0 Å². The molecule has 1 saturated heterocycles. The molecule has 0 spiro atoms. The van der Waals surface area contributed by atoms with E-state index in [0.717, 1.165) is 36.5 Å². The van der Waals surface area contributed by atoms with Gasteiger partial charge in [0.2, 0.25) is 5.91 Å². The number of amides is 1. The molecule has 1 aliphatic heterocycles. The molecule has 0 aromatic heterocycles. The molecule has 124 valence electrons. The average molecular weight is 345 g/mol. The maximum absolute atomic E-state index is 12.1. The predicted molar refractivity (Wildman–Crippen MR) is 94.7 cm³/mol. The Kier molecular flexibility index (Phi) is 8.84. The molecule has 0 aliphatic carbocycles. The zero-order chi connectivity index (χ0) is 15.1. The number of nitrogens with one attached hydrogen (secondary N) is 2. The largest absolute Gasteiger partial charge is 0.349 e. The van der Waals surface area contributed by atoms with Gasteiger partial charge in [-0.15, -0.1) is 12.4 Å². The smallest absolute Gasteiger partial charge is 0.220 e. The first-order chi connectivity index (χ1) is 10.2. The van der Waals surface area contributed by atoms with E-state index in [0.29, 0.717) is 12.3 Å². The topological polar surface area (TPSA) is 41.1 Å². The minimum absolute atomic E-state index is 0. The van der Waals surface area contributed by atoms with Crippen LogP contribution >= 0.6 is 24.0 Å². The fraction of sp³-hybridized carbons (Fsp3) is 0.588. The van der Waals surface area contributed by atoms with Crippen LogP contribution in [0.2, 0.25) is 5.02 Å². The van der Waals surface area contributed by atoms with Crippen LogP contribution in [0.4, 0.5) is 0 Å². The Morgan fingerprint density at radius 2 is 1.95 bits per heavy atom. The SMILES string of the molecule is CCC(NC(=O)CCC1CCNCC1)c1ccc(Cl)cc1.Cl. The van der Waals surface area contributed by atoms with E-state index in [9.17, 15) is 4.79 Å². The molecule has 5 heteroatoms. The van der Waals surface area contributed by atoms with Crippen LogP contribution in [0.15, 0.2) is 24.3 Å². The number of rotatable bonds is 6. The van der Waals surface area contributed by atoms with Crippen LogP contribution in [-0.2, 0) is 4.79 Å². The van der Waals surface area contributed by atoms with Crippen molar-refractivity contribution in [2.45, 2.75) is 45.1 Å². The summed E-state index contributed by atoms with van der Waals surface area (Å²) < 4.78 is 0. The minimum atomic E-state index is 0. The van der Waals surface area contributed by atoms with Crippen molar-refractivity contribution >= 4 is 29.9 Å². The van der Waals surface area contributed by atoms with Gasteiger partial charge >= 0.3 is 0 Å². The summed E-state index contributed by atoms with van der Waals surface area (Å²) in [4.78, 5) is 12.1. The van der Waals surface area contributed by atoms with E-state index in [1.54, 1.807) is 0 Å². The van der Waals surface area contributed by atoms with Crippen molar-refractivity contribution in [2.75, 3.05) is 13.1 Å². The van der Waals surface area contributed by atoms with E-state index in [4.69, 9.17) is 11.6 Å². The second-order valence-corrected chi connectivity index (χ2v) is 6.25. The normalized spacial score (nSPS) is 16.6. The average Bonchev–Trinajstić information content (AvgIpc) is 2.52. The Bertz CT molecular complexity index is 444. The molecule has 2 N–H and O–H groups in total. The van der Waals surface area contributed by atoms with Crippen molar-refractivity contribution in [2.24, 2.45) is 5.92 Å². The first-order valence-electron chi connectivity index (χ1n) is 7.94. The number of carbonyl (C=O) groups excluding carboxylic acids is 1. The molecule has 1 unspecified atom stereocenters. The van der Waals surface area contributed by atoms with Crippen LogP contribution in [0.1, 0.15) is 50.6 Å². The van der Waals surface area contributed by atoms with Gasteiger partial charge in [0.1, 0.15) is 0 Å². The van der Waals surface area contributed by atoms with Gasteiger partial charge < -0.3 is 10.6 Å². The molecule has 22 heavy (non-hydrogen) atoms. The molecule has 0 radical (unpaired) electrons. The zero-order valence-corrected chi connectivity index (χ0v) is 14.7. The molecule has 1 heterocycles. The molecule has 1 fully saturated rings. The fourth-order valence-corrected chi connectivity index (χ4v) is 3.01. The van der Waals surface area contributed by atoms with E-state index in [1.165, 1.54) is 12.8 Å². The Morgan fingerprint density at radius 3 is 2.55 bits per heavy atom. The number of carbonyl (C=O) groups is 1. The summed E-state index contributed by atoms with van der Waals surface area (Å²) in [6, 6.07) is 7.82. The third-order valence-corrected chi connectivity index (χ3v) is 4.51. The summed E-state index contributed by atoms with van der Waals surface area (Å²) in [6.45, 7) is 4.27. The standard InChI is InChI=1S/C17H25ClN2O.ClH/c1-2-16(14-4-6-15(18)7-5-14)20-17(21)8-3-13-9-11-19-12-10-13;/h4-7,13,16,19H,2-3,8-12H2,1H3,(H,20,21);1H. The quantitative estimate of drug-likeness (QED) is 0.815. The van der Waals surface area contributed by atoms with Crippen molar-refractivity contribution in [3.05, 3.63) is 34.9 Å². The van der Waals surface area contributed by atoms with Crippen LogP contribution in [-0.4, -0.2) is 19.0 Å². The van der Waals surface area contributed by atoms with Crippen LogP contribution < -0.4 is 10.6 Å². The molecular weight excluding hydrogens is 319 g/mol. The van der Waals surface area contributed by atoms with Gasteiger partial charge in [0.05, 0.1) is 6.04 Å². The Labute approximate surface area is 144 Å². The van der Waals surface area contributed by atoms with Crippen molar-refractivity contribution < 1.29 is 4.79 Å². The van der Waals surface area contributed by atoms with Gasteiger partial charge in [-0.25, -0.2) is 0 Å². The molecule has 1 amide bonds. The molecule has 3 nitrogen and oxygen atoms in total. The summed E-state index contributed by atoms with van der Waals surface area (Å²) >= 11 is 5.91. The lowest BCUT2D eigenvalue weighted by atomic mass is 9.93. The lowest BCUT2D eigenvalue weighted by Crippen LogP contribution is -2.31. The lowest BCUT2D eigenvalue weighted by Gasteiger charge is -2.23. The van der Waals surface area contributed by atoms with Crippen LogP contribution in [0.5, 0.6) is 0 Å². The maximum atomic E-state index is 12.1. The number of halogens is 2. The van der Waals surface area contributed by atoms with Crippen LogP contribution in [0, 0.1) is 5.92 Å². The van der Waals surface area contributed by atoms with Gasteiger partial charge in [0.15, 0.2) is 0 Å². The number of piperidine rings is 1. The van der Waals surface area contributed by atoms with Gasteiger partial charge in [0, 0.05) is 11.4 Å². The molecular formula is C17H26Cl2N2O. The van der Waals surface area contributed by atoms with Gasteiger partial charge in [-0.05, 0) is 62.4 Å². The lowest BCUT2D eigenvalue weighted by molar-refractivity contribution is -0.122. The molecule has 1 atom stereocenters. The second kappa shape index (κ2) is 10.1. The first kappa shape index (κ1) is 19.3. The van der Waals surface area contributed by atoms with Crippen molar-refractivity contribution in [1.82, 2.24) is 10.6 Å². The third kappa shape index (κ3) is 6.15. The summed E-state index contributed by atoms with van der Waals surface area (Å²) in [7, 11) is 0. The maximum Gasteiger partial charge on any atom is 0.220 e. The second-order valence-electron chi connectivity index (χ2n) is 5.81. The zero-order valence-electron chi connectivity index (χ0n) is 13.1.